The minimum Gasteiger partial charge on any atom is -0.478 e. The molecule has 18 heavy (non-hydrogen) atoms. The van der Waals surface area contributed by atoms with Crippen LogP contribution in [0.15, 0.2) is 23.3 Å². The molecule has 0 bridgehead atoms. The van der Waals surface area contributed by atoms with Gasteiger partial charge in [0, 0.05) is 5.57 Å². The minimum absolute atomic E-state index is 0.00127. The Balaban J connectivity index is 2.29. The first-order valence-electron chi connectivity index (χ1n) is 6.58. The second-order valence-electron chi connectivity index (χ2n) is 5.81. The molecule has 0 unspecified atom stereocenters. The number of allylic oxidation sites excluding steroid dienone is 2. The number of carboxylic acids is 1. The molecule has 1 saturated carbocycles. The lowest BCUT2D eigenvalue weighted by molar-refractivity contribution is -0.133. The van der Waals surface area contributed by atoms with Gasteiger partial charge in [-0.1, -0.05) is 19.1 Å². The Kier molecular flexibility index (Phi) is 3.42. The maximum absolute atomic E-state index is 11.2. The monoisotopic (exact) mass is 248 g/mol. The molecular formula is C15H20O3. The van der Waals surface area contributed by atoms with Gasteiger partial charge in [-0.2, -0.15) is 0 Å². The van der Waals surface area contributed by atoms with Gasteiger partial charge in [-0.15, -0.1) is 0 Å². The van der Waals surface area contributed by atoms with E-state index in [-0.39, 0.29) is 11.3 Å². The van der Waals surface area contributed by atoms with E-state index in [1.165, 1.54) is 5.57 Å². The van der Waals surface area contributed by atoms with Crippen LogP contribution in [0.4, 0.5) is 0 Å². The maximum Gasteiger partial charge on any atom is 0.331 e. The molecule has 2 aliphatic rings. The van der Waals surface area contributed by atoms with E-state index >= 15 is 0 Å². The van der Waals surface area contributed by atoms with E-state index in [4.69, 9.17) is 5.11 Å². The van der Waals surface area contributed by atoms with Crippen molar-refractivity contribution in [1.82, 2.24) is 0 Å². The van der Waals surface area contributed by atoms with Gasteiger partial charge in [0.2, 0.25) is 0 Å². The highest BCUT2D eigenvalue weighted by molar-refractivity contribution is 5.86. The van der Waals surface area contributed by atoms with Crippen LogP contribution >= 0.6 is 0 Å². The fourth-order valence-electron chi connectivity index (χ4n) is 3.46. The summed E-state index contributed by atoms with van der Waals surface area (Å²) < 4.78 is 0. The van der Waals surface area contributed by atoms with E-state index in [9.17, 15) is 9.59 Å². The van der Waals surface area contributed by atoms with Crippen molar-refractivity contribution in [3.63, 3.8) is 0 Å². The van der Waals surface area contributed by atoms with E-state index in [2.05, 4.69) is 13.5 Å². The van der Waals surface area contributed by atoms with Gasteiger partial charge < -0.3 is 5.11 Å². The molecule has 2 aliphatic carbocycles. The molecule has 0 saturated heterocycles. The number of aliphatic carboxylic acids is 1. The molecule has 0 heterocycles. The second kappa shape index (κ2) is 4.71. The summed E-state index contributed by atoms with van der Waals surface area (Å²) in [5.41, 5.74) is 2.51. The predicted octanol–water partition coefficient (Wildman–Crippen LogP) is 3.11. The highest BCUT2D eigenvalue weighted by atomic mass is 16.4. The molecule has 3 nitrogen and oxygen atoms in total. The Bertz CT molecular complexity index is 433. The van der Waals surface area contributed by atoms with Crippen LogP contribution in [0.2, 0.25) is 0 Å². The molecule has 1 N–H and O–H groups in total. The fourth-order valence-corrected chi connectivity index (χ4v) is 3.46. The van der Waals surface area contributed by atoms with Gasteiger partial charge in [0.05, 0.1) is 0 Å². The fraction of sp³-hybridized carbons (Fsp3) is 0.600. The van der Waals surface area contributed by atoms with Crippen LogP contribution in [0.25, 0.3) is 0 Å². The van der Waals surface area contributed by atoms with Crippen molar-refractivity contribution in [3.8, 4) is 0 Å². The largest absolute Gasteiger partial charge is 0.478 e. The van der Waals surface area contributed by atoms with Gasteiger partial charge in [-0.3, -0.25) is 4.79 Å². The van der Waals surface area contributed by atoms with Crippen LogP contribution in [0, 0.1) is 11.3 Å². The number of rotatable bonds is 3. The number of carbonyl (C=O) groups is 2. The van der Waals surface area contributed by atoms with Gasteiger partial charge in [0.25, 0.3) is 0 Å². The Morgan fingerprint density at radius 3 is 2.83 bits per heavy atom. The van der Waals surface area contributed by atoms with Crippen LogP contribution in [0.3, 0.4) is 0 Å². The summed E-state index contributed by atoms with van der Waals surface area (Å²) in [6.45, 7) is 5.89. The number of hydrogen-bond acceptors (Lipinski definition) is 2. The van der Waals surface area contributed by atoms with Crippen LogP contribution < -0.4 is 0 Å². The normalized spacial score (nSPS) is 31.7. The average molecular weight is 248 g/mol. The quantitative estimate of drug-likeness (QED) is 0.616. The summed E-state index contributed by atoms with van der Waals surface area (Å²) >= 11 is 0. The summed E-state index contributed by atoms with van der Waals surface area (Å²) in [5.74, 6) is -0.911. The molecular weight excluding hydrogens is 228 g/mol. The molecule has 98 valence electrons. The van der Waals surface area contributed by atoms with Gasteiger partial charge >= 0.3 is 5.97 Å². The lowest BCUT2D eigenvalue weighted by Gasteiger charge is -2.43. The molecule has 0 aromatic heterocycles. The second-order valence-corrected chi connectivity index (χ2v) is 5.81. The van der Waals surface area contributed by atoms with E-state index in [0.29, 0.717) is 12.0 Å². The first kappa shape index (κ1) is 13.1. The highest BCUT2D eigenvalue weighted by Crippen LogP contribution is 2.51. The van der Waals surface area contributed by atoms with Crippen molar-refractivity contribution in [1.29, 1.82) is 0 Å². The summed E-state index contributed by atoms with van der Waals surface area (Å²) in [6, 6.07) is 0. The van der Waals surface area contributed by atoms with Gasteiger partial charge in [0.15, 0.2) is 0 Å². The Morgan fingerprint density at radius 1 is 1.50 bits per heavy atom. The number of carbonyl (C=O) groups excluding carboxylic acids is 1. The number of aldehydes is 1. The Labute approximate surface area is 108 Å². The standard InChI is InChI=1S/C15H20O3/c1-10(14(17)18)11-5-7-15(2)6-3-4-12(9-16)13(15)8-11/h9,11H,1,3-8H2,2H3,(H,17,18)/t11-,15-/m1/s1. The van der Waals surface area contributed by atoms with Crippen LogP contribution in [0.1, 0.15) is 45.4 Å². The summed E-state index contributed by atoms with van der Waals surface area (Å²) in [4.78, 5) is 22.2. The smallest absolute Gasteiger partial charge is 0.331 e. The third-order valence-electron chi connectivity index (χ3n) is 4.70. The molecule has 0 aromatic carbocycles. The Hall–Kier alpha value is -1.38. The van der Waals surface area contributed by atoms with Crippen LogP contribution in [-0.4, -0.2) is 17.4 Å². The average Bonchev–Trinajstić information content (AvgIpc) is 2.35. The lowest BCUT2D eigenvalue weighted by Crippen LogP contribution is -2.32. The summed E-state index contributed by atoms with van der Waals surface area (Å²) in [5, 5.41) is 9.03. The lowest BCUT2D eigenvalue weighted by atomic mass is 9.61. The Morgan fingerprint density at radius 2 is 2.22 bits per heavy atom. The molecule has 0 aromatic rings. The van der Waals surface area contributed by atoms with Crippen LogP contribution in [0.5, 0.6) is 0 Å². The van der Waals surface area contributed by atoms with Crippen molar-refractivity contribution < 1.29 is 14.7 Å². The zero-order valence-electron chi connectivity index (χ0n) is 10.9. The van der Waals surface area contributed by atoms with E-state index in [0.717, 1.165) is 44.0 Å². The number of hydrogen-bond donors (Lipinski definition) is 1. The number of carboxylic acid groups (broad SMARTS) is 1. The van der Waals surface area contributed by atoms with Crippen molar-refractivity contribution in [2.75, 3.05) is 0 Å². The van der Waals surface area contributed by atoms with Gasteiger partial charge in [-0.05, 0) is 55.4 Å². The molecule has 0 amide bonds. The van der Waals surface area contributed by atoms with Crippen molar-refractivity contribution in [2.24, 2.45) is 11.3 Å². The molecule has 0 radical (unpaired) electrons. The SMILES string of the molecule is C=C(C(=O)O)[C@@H]1CC[C@@]2(C)CCCC(C=O)=C2C1. The molecule has 2 rings (SSSR count). The third-order valence-corrected chi connectivity index (χ3v) is 4.70. The molecule has 1 fully saturated rings. The topological polar surface area (TPSA) is 54.4 Å². The number of fused-ring (bicyclic) bond motifs is 1. The molecule has 2 atom stereocenters. The maximum atomic E-state index is 11.2. The zero-order chi connectivity index (χ0) is 13.3. The summed E-state index contributed by atoms with van der Waals surface area (Å²) in [6.07, 6.45) is 6.55. The van der Waals surface area contributed by atoms with E-state index < -0.39 is 5.97 Å². The van der Waals surface area contributed by atoms with Crippen LogP contribution in [-0.2, 0) is 9.59 Å². The van der Waals surface area contributed by atoms with Gasteiger partial charge in [0.1, 0.15) is 6.29 Å². The summed E-state index contributed by atoms with van der Waals surface area (Å²) in [7, 11) is 0. The highest BCUT2D eigenvalue weighted by Gasteiger charge is 2.40. The van der Waals surface area contributed by atoms with Crippen molar-refractivity contribution in [2.45, 2.75) is 45.4 Å². The first-order chi connectivity index (χ1) is 8.48. The van der Waals surface area contributed by atoms with Gasteiger partial charge in [-0.25, -0.2) is 4.79 Å². The van der Waals surface area contributed by atoms with E-state index in [1.54, 1.807) is 0 Å². The molecule has 3 heteroatoms. The predicted molar refractivity (Wildman–Crippen MR) is 69.2 cm³/mol. The van der Waals surface area contributed by atoms with E-state index in [1.807, 2.05) is 0 Å². The molecule has 0 aliphatic heterocycles. The van der Waals surface area contributed by atoms with Crippen molar-refractivity contribution >= 4 is 12.3 Å². The molecule has 0 spiro atoms. The third kappa shape index (κ3) is 2.14. The first-order valence-corrected chi connectivity index (χ1v) is 6.58. The zero-order valence-corrected chi connectivity index (χ0v) is 10.9. The minimum atomic E-state index is -0.910. The van der Waals surface area contributed by atoms with Crippen molar-refractivity contribution in [3.05, 3.63) is 23.3 Å².